The molecule has 1 heterocycles. The summed E-state index contributed by atoms with van der Waals surface area (Å²) < 4.78 is 7.21. The standard InChI is InChI=1S/C19H21N3O2/c1-2-24-13-12-20-19(23)18(15-8-4-3-5-9-15)22-14-21-16-10-6-7-11-17(16)22/h3-11,14,18H,2,12-13H2,1H3,(H,20,23)/t18-/m0/s1. The van der Waals surface area contributed by atoms with Crippen LogP contribution in [0.25, 0.3) is 11.0 Å². The predicted octanol–water partition coefficient (Wildman–Crippen LogP) is 2.78. The van der Waals surface area contributed by atoms with Crippen LogP contribution in [0.3, 0.4) is 0 Å². The molecule has 124 valence electrons. The number of ether oxygens (including phenoxy) is 1. The van der Waals surface area contributed by atoms with Gasteiger partial charge in [0.05, 0.1) is 24.0 Å². The van der Waals surface area contributed by atoms with Crippen LogP contribution in [-0.2, 0) is 9.53 Å². The smallest absolute Gasteiger partial charge is 0.247 e. The Morgan fingerprint density at radius 1 is 1.17 bits per heavy atom. The molecule has 0 saturated carbocycles. The fraction of sp³-hybridized carbons (Fsp3) is 0.263. The first-order valence-corrected chi connectivity index (χ1v) is 8.13. The number of hydrogen-bond acceptors (Lipinski definition) is 3. The molecule has 0 aliphatic heterocycles. The lowest BCUT2D eigenvalue weighted by atomic mass is 10.1. The molecule has 24 heavy (non-hydrogen) atoms. The van der Waals surface area contributed by atoms with E-state index >= 15 is 0 Å². The van der Waals surface area contributed by atoms with Gasteiger partial charge in [-0.15, -0.1) is 0 Å². The highest BCUT2D eigenvalue weighted by Crippen LogP contribution is 2.23. The number of nitrogens with zero attached hydrogens (tertiary/aromatic N) is 2. The van der Waals surface area contributed by atoms with Crippen LogP contribution in [-0.4, -0.2) is 35.2 Å². The molecule has 2 aromatic carbocycles. The van der Waals surface area contributed by atoms with Crippen LogP contribution < -0.4 is 5.32 Å². The van der Waals surface area contributed by atoms with Gasteiger partial charge in [-0.1, -0.05) is 42.5 Å². The highest BCUT2D eigenvalue weighted by Gasteiger charge is 2.23. The molecule has 3 aromatic rings. The van der Waals surface area contributed by atoms with Gasteiger partial charge in [-0.2, -0.15) is 0 Å². The lowest BCUT2D eigenvalue weighted by molar-refractivity contribution is -0.123. The Morgan fingerprint density at radius 2 is 1.92 bits per heavy atom. The van der Waals surface area contributed by atoms with Crippen molar-refractivity contribution in [3.63, 3.8) is 0 Å². The quantitative estimate of drug-likeness (QED) is 0.680. The van der Waals surface area contributed by atoms with Gasteiger partial charge in [0.2, 0.25) is 5.91 Å². The number of carbonyl (C=O) groups excluding carboxylic acids is 1. The number of nitrogens with one attached hydrogen (secondary N) is 1. The lowest BCUT2D eigenvalue weighted by Crippen LogP contribution is -2.35. The van der Waals surface area contributed by atoms with E-state index in [1.165, 1.54) is 0 Å². The van der Waals surface area contributed by atoms with Gasteiger partial charge in [-0.3, -0.25) is 4.79 Å². The molecule has 5 heteroatoms. The summed E-state index contributed by atoms with van der Waals surface area (Å²) in [6.07, 6.45) is 1.73. The molecule has 1 atom stereocenters. The van der Waals surface area contributed by atoms with Crippen LogP contribution in [0.4, 0.5) is 0 Å². The maximum absolute atomic E-state index is 12.8. The van der Waals surface area contributed by atoms with Crippen molar-refractivity contribution >= 4 is 16.9 Å². The molecule has 5 nitrogen and oxygen atoms in total. The van der Waals surface area contributed by atoms with Crippen molar-refractivity contribution in [3.8, 4) is 0 Å². The van der Waals surface area contributed by atoms with E-state index < -0.39 is 6.04 Å². The van der Waals surface area contributed by atoms with E-state index in [2.05, 4.69) is 10.3 Å². The van der Waals surface area contributed by atoms with E-state index in [9.17, 15) is 4.79 Å². The van der Waals surface area contributed by atoms with Gasteiger partial charge in [-0.05, 0) is 24.6 Å². The van der Waals surface area contributed by atoms with Crippen molar-refractivity contribution in [1.82, 2.24) is 14.9 Å². The van der Waals surface area contributed by atoms with Gasteiger partial charge in [0, 0.05) is 13.2 Å². The average Bonchev–Trinajstić information content (AvgIpc) is 3.04. The summed E-state index contributed by atoms with van der Waals surface area (Å²) in [6, 6.07) is 17.1. The van der Waals surface area contributed by atoms with Crippen molar-refractivity contribution in [3.05, 3.63) is 66.5 Å². The molecular weight excluding hydrogens is 302 g/mol. The number of benzene rings is 2. The van der Waals surface area contributed by atoms with Crippen LogP contribution in [0.2, 0.25) is 0 Å². The monoisotopic (exact) mass is 323 g/mol. The molecular formula is C19H21N3O2. The van der Waals surface area contributed by atoms with Gasteiger partial charge in [0.1, 0.15) is 6.04 Å². The SMILES string of the molecule is CCOCCNC(=O)[C@H](c1ccccc1)n1cnc2ccccc21. The zero-order valence-electron chi connectivity index (χ0n) is 13.7. The first-order valence-electron chi connectivity index (χ1n) is 8.13. The number of imidazole rings is 1. The Bertz CT molecular complexity index is 798. The first kappa shape index (κ1) is 16.2. The lowest BCUT2D eigenvalue weighted by Gasteiger charge is -2.19. The molecule has 0 aliphatic rings. The summed E-state index contributed by atoms with van der Waals surface area (Å²) in [7, 11) is 0. The summed E-state index contributed by atoms with van der Waals surface area (Å²) in [6.45, 7) is 3.58. The summed E-state index contributed by atoms with van der Waals surface area (Å²) >= 11 is 0. The van der Waals surface area contributed by atoms with Gasteiger partial charge in [-0.25, -0.2) is 4.98 Å². The van der Waals surface area contributed by atoms with Crippen molar-refractivity contribution < 1.29 is 9.53 Å². The fourth-order valence-electron chi connectivity index (χ4n) is 2.75. The van der Waals surface area contributed by atoms with Crippen molar-refractivity contribution in [2.24, 2.45) is 0 Å². The molecule has 1 aromatic heterocycles. The third kappa shape index (κ3) is 3.46. The van der Waals surface area contributed by atoms with E-state index in [1.54, 1.807) is 6.33 Å². The molecule has 0 saturated heterocycles. The van der Waals surface area contributed by atoms with E-state index in [-0.39, 0.29) is 5.91 Å². The highest BCUT2D eigenvalue weighted by atomic mass is 16.5. The van der Waals surface area contributed by atoms with Crippen LogP contribution in [0, 0.1) is 0 Å². The van der Waals surface area contributed by atoms with Crippen LogP contribution in [0.15, 0.2) is 60.9 Å². The van der Waals surface area contributed by atoms with E-state index in [0.29, 0.717) is 19.8 Å². The second-order valence-corrected chi connectivity index (χ2v) is 5.44. The first-order chi connectivity index (χ1) is 11.8. The molecule has 3 rings (SSSR count). The largest absolute Gasteiger partial charge is 0.380 e. The average molecular weight is 323 g/mol. The van der Waals surface area contributed by atoms with Crippen LogP contribution in [0.1, 0.15) is 18.5 Å². The fourth-order valence-corrected chi connectivity index (χ4v) is 2.75. The number of hydrogen-bond donors (Lipinski definition) is 1. The Kier molecular flexibility index (Phi) is 5.23. The van der Waals surface area contributed by atoms with E-state index in [0.717, 1.165) is 16.6 Å². The Labute approximate surface area is 141 Å². The summed E-state index contributed by atoms with van der Waals surface area (Å²) in [4.78, 5) is 17.2. The number of amides is 1. The highest BCUT2D eigenvalue weighted by molar-refractivity contribution is 5.86. The van der Waals surface area contributed by atoms with Gasteiger partial charge in [0.15, 0.2) is 0 Å². The minimum Gasteiger partial charge on any atom is -0.380 e. The Morgan fingerprint density at radius 3 is 2.71 bits per heavy atom. The minimum absolute atomic E-state index is 0.0657. The van der Waals surface area contributed by atoms with Crippen LogP contribution >= 0.6 is 0 Å². The second-order valence-electron chi connectivity index (χ2n) is 5.44. The molecule has 0 fully saturated rings. The van der Waals surface area contributed by atoms with Crippen LogP contribution in [0.5, 0.6) is 0 Å². The number of carbonyl (C=O) groups is 1. The maximum atomic E-state index is 12.8. The van der Waals surface area contributed by atoms with Crippen molar-refractivity contribution in [2.45, 2.75) is 13.0 Å². The molecule has 0 bridgehead atoms. The summed E-state index contributed by atoms with van der Waals surface area (Å²) in [5.41, 5.74) is 2.74. The van der Waals surface area contributed by atoms with Gasteiger partial charge < -0.3 is 14.6 Å². The third-order valence-electron chi connectivity index (χ3n) is 3.87. The molecule has 1 amide bonds. The van der Waals surface area contributed by atoms with E-state index in [1.807, 2.05) is 66.1 Å². The zero-order valence-corrected chi connectivity index (χ0v) is 13.7. The predicted molar refractivity (Wildman–Crippen MR) is 93.8 cm³/mol. The molecule has 0 unspecified atom stereocenters. The number of para-hydroxylation sites is 2. The van der Waals surface area contributed by atoms with E-state index in [4.69, 9.17) is 4.74 Å². The number of fused-ring (bicyclic) bond motifs is 1. The second kappa shape index (κ2) is 7.75. The Balaban J connectivity index is 1.92. The minimum atomic E-state index is -0.458. The van der Waals surface area contributed by atoms with Gasteiger partial charge >= 0.3 is 0 Å². The maximum Gasteiger partial charge on any atom is 0.247 e. The van der Waals surface area contributed by atoms with Gasteiger partial charge in [0.25, 0.3) is 0 Å². The number of rotatable bonds is 7. The third-order valence-corrected chi connectivity index (χ3v) is 3.87. The molecule has 0 spiro atoms. The topological polar surface area (TPSA) is 56.1 Å². The molecule has 0 radical (unpaired) electrons. The summed E-state index contributed by atoms with van der Waals surface area (Å²) in [5.74, 6) is -0.0657. The summed E-state index contributed by atoms with van der Waals surface area (Å²) in [5, 5.41) is 2.96. The zero-order chi connectivity index (χ0) is 16.8. The molecule has 1 N–H and O–H groups in total. The van der Waals surface area contributed by atoms with Crippen molar-refractivity contribution in [2.75, 3.05) is 19.8 Å². The molecule has 0 aliphatic carbocycles. The van der Waals surface area contributed by atoms with Crippen molar-refractivity contribution in [1.29, 1.82) is 0 Å². The normalized spacial score (nSPS) is 12.2. The Hall–Kier alpha value is -2.66. The number of aromatic nitrogens is 2.